The van der Waals surface area contributed by atoms with E-state index in [9.17, 15) is 4.39 Å². The van der Waals surface area contributed by atoms with Crippen LogP contribution in [0.5, 0.6) is 0 Å². The number of aromatic nitrogens is 5. The smallest absolute Gasteiger partial charge is 0.180 e. The maximum Gasteiger partial charge on any atom is 0.180 e. The van der Waals surface area contributed by atoms with Crippen molar-refractivity contribution in [1.82, 2.24) is 24.3 Å². The number of rotatable bonds is 3. The van der Waals surface area contributed by atoms with Crippen LogP contribution >= 0.6 is 0 Å². The van der Waals surface area contributed by atoms with Crippen LogP contribution in [0.1, 0.15) is 5.56 Å². The first kappa shape index (κ1) is 13.4. The second-order valence-electron chi connectivity index (χ2n) is 5.17. The van der Waals surface area contributed by atoms with Gasteiger partial charge >= 0.3 is 0 Å². The third-order valence-electron chi connectivity index (χ3n) is 3.53. The molecule has 2 N–H and O–H groups in total. The van der Waals surface area contributed by atoms with Gasteiger partial charge in [0, 0.05) is 30.4 Å². The lowest BCUT2D eigenvalue weighted by molar-refractivity contribution is 0.619. The van der Waals surface area contributed by atoms with Gasteiger partial charge in [0.2, 0.25) is 0 Å². The van der Waals surface area contributed by atoms with Crippen LogP contribution in [0.15, 0.2) is 49.2 Å². The van der Waals surface area contributed by atoms with Gasteiger partial charge in [0.1, 0.15) is 23.0 Å². The van der Waals surface area contributed by atoms with Crippen LogP contribution in [0.25, 0.3) is 17.2 Å². The highest BCUT2D eigenvalue weighted by Crippen LogP contribution is 2.22. The zero-order chi connectivity index (χ0) is 15.8. The summed E-state index contributed by atoms with van der Waals surface area (Å²) < 4.78 is 15.1. The normalized spacial score (nSPS) is 11.0. The third kappa shape index (κ3) is 2.42. The van der Waals surface area contributed by atoms with Crippen molar-refractivity contribution in [3.05, 3.63) is 60.6 Å². The number of pyridine rings is 1. The number of nitrogens with one attached hydrogen (secondary N) is 2. The van der Waals surface area contributed by atoms with E-state index >= 15 is 0 Å². The minimum atomic E-state index is -0.338. The van der Waals surface area contributed by atoms with E-state index in [1.165, 1.54) is 12.3 Å². The summed E-state index contributed by atoms with van der Waals surface area (Å²) in [6, 6.07) is 4.90. The molecule has 0 bridgehead atoms. The van der Waals surface area contributed by atoms with E-state index in [1.807, 2.05) is 25.4 Å². The number of aryl methyl sites for hydroxylation is 1. The summed E-state index contributed by atoms with van der Waals surface area (Å²) in [4.78, 5) is 16.1. The molecule has 0 saturated carbocycles. The van der Waals surface area contributed by atoms with Gasteiger partial charge in [-0.05, 0) is 25.1 Å². The predicted molar refractivity (Wildman–Crippen MR) is 85.0 cm³/mol. The lowest BCUT2D eigenvalue weighted by atomic mass is 10.3. The number of halogens is 1. The maximum absolute atomic E-state index is 13.5. The molecule has 0 aliphatic carbocycles. The maximum atomic E-state index is 13.5. The number of imidazole rings is 1. The van der Waals surface area contributed by atoms with Crippen molar-refractivity contribution in [2.45, 2.75) is 6.92 Å². The molecule has 0 saturated heterocycles. The van der Waals surface area contributed by atoms with Gasteiger partial charge in [-0.3, -0.25) is 4.40 Å². The summed E-state index contributed by atoms with van der Waals surface area (Å²) in [7, 11) is 0. The first-order valence-corrected chi connectivity index (χ1v) is 7.07. The van der Waals surface area contributed by atoms with Crippen molar-refractivity contribution < 1.29 is 4.39 Å². The monoisotopic (exact) mass is 308 g/mol. The van der Waals surface area contributed by atoms with Gasteiger partial charge in [0.25, 0.3) is 0 Å². The van der Waals surface area contributed by atoms with Crippen LogP contribution in [0.2, 0.25) is 0 Å². The van der Waals surface area contributed by atoms with E-state index in [4.69, 9.17) is 0 Å². The molecule has 114 valence electrons. The topological polar surface area (TPSA) is 70.9 Å². The van der Waals surface area contributed by atoms with Crippen LogP contribution in [0, 0.1) is 12.7 Å². The fourth-order valence-electron chi connectivity index (χ4n) is 2.35. The average Bonchev–Trinajstić information content (AvgIpc) is 3.19. The largest absolute Gasteiger partial charge is 0.366 e. The molecule has 0 atom stereocenters. The summed E-state index contributed by atoms with van der Waals surface area (Å²) in [6.07, 6.45) is 8.41. The molecular formula is C16H13FN6. The van der Waals surface area contributed by atoms with Crippen molar-refractivity contribution >= 4 is 17.2 Å². The van der Waals surface area contributed by atoms with E-state index in [2.05, 4.69) is 25.3 Å². The SMILES string of the molecule is Cc1cnc(-c2cnc3ccc(F)cn23)nc1Nc1cc[nH]c1. The lowest BCUT2D eigenvalue weighted by Crippen LogP contribution is -2.01. The number of aromatic amines is 1. The number of anilines is 2. The quantitative estimate of drug-likeness (QED) is 0.609. The first-order chi connectivity index (χ1) is 11.2. The number of hydrogen-bond acceptors (Lipinski definition) is 4. The molecule has 4 aromatic rings. The van der Waals surface area contributed by atoms with Crippen molar-refractivity contribution in [1.29, 1.82) is 0 Å². The summed E-state index contributed by atoms with van der Waals surface area (Å²) >= 11 is 0. The van der Waals surface area contributed by atoms with E-state index in [-0.39, 0.29) is 5.82 Å². The Kier molecular flexibility index (Phi) is 3.04. The van der Waals surface area contributed by atoms with Gasteiger partial charge in [-0.1, -0.05) is 0 Å². The van der Waals surface area contributed by atoms with E-state index < -0.39 is 0 Å². The second-order valence-corrected chi connectivity index (χ2v) is 5.17. The van der Waals surface area contributed by atoms with Gasteiger partial charge < -0.3 is 10.3 Å². The van der Waals surface area contributed by atoms with Crippen molar-refractivity contribution in [3.63, 3.8) is 0 Å². The Morgan fingerprint density at radius 2 is 2.09 bits per heavy atom. The molecule has 0 aliphatic rings. The van der Waals surface area contributed by atoms with E-state index in [0.717, 1.165) is 11.3 Å². The van der Waals surface area contributed by atoms with Gasteiger partial charge in [0.15, 0.2) is 5.82 Å². The van der Waals surface area contributed by atoms with E-state index in [0.29, 0.717) is 23.0 Å². The van der Waals surface area contributed by atoms with Gasteiger partial charge in [-0.2, -0.15) is 0 Å². The Balaban J connectivity index is 1.80. The van der Waals surface area contributed by atoms with Gasteiger partial charge in [-0.25, -0.2) is 19.3 Å². The molecule has 4 rings (SSSR count). The summed E-state index contributed by atoms with van der Waals surface area (Å²) in [5.74, 6) is 0.835. The van der Waals surface area contributed by atoms with Crippen LogP contribution in [0.3, 0.4) is 0 Å². The Morgan fingerprint density at radius 3 is 2.91 bits per heavy atom. The molecule has 4 aromatic heterocycles. The minimum Gasteiger partial charge on any atom is -0.366 e. The standard InChI is InChI=1S/C16H13FN6/c1-10-6-20-16(22-15(10)21-12-4-5-18-7-12)13-8-19-14-3-2-11(17)9-23(13)14/h2-9,18H,1H3,(H,20,21,22). The van der Waals surface area contributed by atoms with Crippen LogP contribution in [-0.2, 0) is 0 Å². The summed E-state index contributed by atoms with van der Waals surface area (Å²) in [6.45, 7) is 1.92. The van der Waals surface area contributed by atoms with E-state index in [1.54, 1.807) is 22.9 Å². The molecule has 0 amide bonds. The number of hydrogen-bond donors (Lipinski definition) is 2. The number of H-pyrrole nitrogens is 1. The fraction of sp³-hybridized carbons (Fsp3) is 0.0625. The number of fused-ring (bicyclic) bond motifs is 1. The van der Waals surface area contributed by atoms with Crippen LogP contribution < -0.4 is 5.32 Å². The molecular weight excluding hydrogens is 295 g/mol. The Labute approximate surface area is 131 Å². The summed E-state index contributed by atoms with van der Waals surface area (Å²) in [5.41, 5.74) is 3.10. The van der Waals surface area contributed by atoms with Crippen molar-refractivity contribution in [2.24, 2.45) is 0 Å². The third-order valence-corrected chi connectivity index (χ3v) is 3.53. The molecule has 0 aliphatic heterocycles. The second kappa shape index (κ2) is 5.20. The highest BCUT2D eigenvalue weighted by atomic mass is 19.1. The molecule has 0 aromatic carbocycles. The average molecular weight is 308 g/mol. The van der Waals surface area contributed by atoms with Gasteiger partial charge in [0.05, 0.1) is 11.9 Å². The van der Waals surface area contributed by atoms with Crippen molar-refractivity contribution in [2.75, 3.05) is 5.32 Å². The molecule has 4 heterocycles. The Morgan fingerprint density at radius 1 is 1.17 bits per heavy atom. The lowest BCUT2D eigenvalue weighted by Gasteiger charge is -2.08. The van der Waals surface area contributed by atoms with Crippen molar-refractivity contribution in [3.8, 4) is 11.5 Å². The van der Waals surface area contributed by atoms with Crippen LogP contribution in [0.4, 0.5) is 15.9 Å². The molecule has 7 heteroatoms. The molecule has 0 radical (unpaired) electrons. The number of nitrogens with zero attached hydrogens (tertiary/aromatic N) is 4. The Hall–Kier alpha value is -3.22. The summed E-state index contributed by atoms with van der Waals surface area (Å²) in [5, 5.41) is 3.23. The van der Waals surface area contributed by atoms with Gasteiger partial charge in [-0.15, -0.1) is 0 Å². The predicted octanol–water partition coefficient (Wildman–Crippen LogP) is 3.31. The first-order valence-electron chi connectivity index (χ1n) is 7.07. The molecule has 23 heavy (non-hydrogen) atoms. The molecule has 0 unspecified atom stereocenters. The highest BCUT2D eigenvalue weighted by molar-refractivity contribution is 5.63. The Bertz CT molecular complexity index is 974. The molecule has 6 nitrogen and oxygen atoms in total. The fourth-order valence-corrected chi connectivity index (χ4v) is 2.35. The zero-order valence-electron chi connectivity index (χ0n) is 12.3. The molecule has 0 fully saturated rings. The minimum absolute atomic E-state index is 0.338. The molecule has 0 spiro atoms. The highest BCUT2D eigenvalue weighted by Gasteiger charge is 2.12. The zero-order valence-corrected chi connectivity index (χ0v) is 12.3. The van der Waals surface area contributed by atoms with Crippen LogP contribution in [-0.4, -0.2) is 24.3 Å².